The Bertz CT molecular complexity index is 174. The Kier molecular flexibility index (Phi) is 11.2. The zero-order chi connectivity index (χ0) is 11.4. The molecule has 0 heterocycles. The van der Waals surface area contributed by atoms with Crippen molar-refractivity contribution in [2.24, 2.45) is 0 Å². The lowest BCUT2D eigenvalue weighted by Gasteiger charge is -1.98. The second-order valence-corrected chi connectivity index (χ2v) is 4.15. The molecule has 0 aromatic rings. The van der Waals surface area contributed by atoms with E-state index < -0.39 is 0 Å². The molecule has 0 rings (SSSR count). The van der Waals surface area contributed by atoms with Gasteiger partial charge in [-0.2, -0.15) is 0 Å². The number of rotatable bonds is 9. The number of allylic oxidation sites excluding steroid dienone is 4. The minimum Gasteiger partial charge on any atom is -0.0843 e. The van der Waals surface area contributed by atoms with E-state index in [1.165, 1.54) is 50.5 Å². The third kappa shape index (κ3) is 9.78. The molecule has 88 valence electrons. The summed E-state index contributed by atoms with van der Waals surface area (Å²) in [5, 5.41) is 0. The summed E-state index contributed by atoms with van der Waals surface area (Å²) < 4.78 is 0. The van der Waals surface area contributed by atoms with Crippen molar-refractivity contribution in [2.75, 3.05) is 0 Å². The van der Waals surface area contributed by atoms with Crippen molar-refractivity contribution < 1.29 is 0 Å². The van der Waals surface area contributed by atoms with E-state index >= 15 is 0 Å². The van der Waals surface area contributed by atoms with E-state index in [-0.39, 0.29) is 0 Å². The minimum absolute atomic E-state index is 1.16. The van der Waals surface area contributed by atoms with Crippen molar-refractivity contribution in [3.63, 3.8) is 0 Å². The van der Waals surface area contributed by atoms with Gasteiger partial charge < -0.3 is 0 Å². The summed E-state index contributed by atoms with van der Waals surface area (Å²) in [5.41, 5.74) is 1.49. The molecule has 0 spiro atoms. The van der Waals surface area contributed by atoms with Crippen LogP contribution in [-0.4, -0.2) is 0 Å². The fourth-order valence-corrected chi connectivity index (χ4v) is 1.69. The maximum atomic E-state index is 2.34. The van der Waals surface area contributed by atoms with Gasteiger partial charge >= 0.3 is 0 Å². The van der Waals surface area contributed by atoms with Gasteiger partial charge in [-0.15, -0.1) is 0 Å². The van der Waals surface area contributed by atoms with Gasteiger partial charge in [-0.3, -0.25) is 0 Å². The van der Waals surface area contributed by atoms with Crippen molar-refractivity contribution in [2.45, 2.75) is 72.1 Å². The van der Waals surface area contributed by atoms with Crippen LogP contribution in [0.1, 0.15) is 72.1 Å². The monoisotopic (exact) mass is 208 g/mol. The molecule has 0 nitrogen and oxygen atoms in total. The molecular formula is C15H28. The first-order valence-electron chi connectivity index (χ1n) is 6.70. The standard InChI is InChI=1S/C15H28/c1-4-7-8-9-10-11-12-14-15(6-3)13-5-2/h12-14H,4-11H2,1-3H3. The van der Waals surface area contributed by atoms with E-state index in [4.69, 9.17) is 0 Å². The van der Waals surface area contributed by atoms with Crippen LogP contribution in [0.2, 0.25) is 0 Å². The first-order valence-corrected chi connectivity index (χ1v) is 6.70. The van der Waals surface area contributed by atoms with Crippen LogP contribution in [0, 0.1) is 0 Å². The molecule has 0 aliphatic rings. The van der Waals surface area contributed by atoms with Crippen LogP contribution in [0.4, 0.5) is 0 Å². The Labute approximate surface area is 96.5 Å². The van der Waals surface area contributed by atoms with E-state index in [1.54, 1.807) is 0 Å². The molecule has 0 aromatic carbocycles. The number of unbranched alkanes of at least 4 members (excludes halogenated alkanes) is 5. The summed E-state index contributed by atoms with van der Waals surface area (Å²) in [6.45, 7) is 6.70. The van der Waals surface area contributed by atoms with Gasteiger partial charge in [-0.05, 0) is 25.7 Å². The van der Waals surface area contributed by atoms with Crippen LogP contribution in [0.5, 0.6) is 0 Å². The summed E-state index contributed by atoms with van der Waals surface area (Å²) in [6.07, 6.45) is 17.5. The topological polar surface area (TPSA) is 0 Å². The molecular weight excluding hydrogens is 180 g/mol. The lowest BCUT2D eigenvalue weighted by atomic mass is 10.1. The molecule has 0 radical (unpaired) electrons. The molecule has 0 saturated heterocycles. The van der Waals surface area contributed by atoms with Crippen LogP contribution < -0.4 is 0 Å². The molecule has 0 unspecified atom stereocenters. The second kappa shape index (κ2) is 11.6. The minimum atomic E-state index is 1.16. The zero-order valence-corrected chi connectivity index (χ0v) is 10.9. The fourth-order valence-electron chi connectivity index (χ4n) is 1.69. The fraction of sp³-hybridized carbons (Fsp3) is 0.733. The van der Waals surface area contributed by atoms with Crippen LogP contribution in [0.25, 0.3) is 0 Å². The van der Waals surface area contributed by atoms with Gasteiger partial charge in [0.15, 0.2) is 0 Å². The molecule has 15 heavy (non-hydrogen) atoms. The highest BCUT2D eigenvalue weighted by Crippen LogP contribution is 2.08. The molecule has 0 heteroatoms. The van der Waals surface area contributed by atoms with Crippen molar-refractivity contribution in [1.82, 2.24) is 0 Å². The van der Waals surface area contributed by atoms with E-state index in [9.17, 15) is 0 Å². The molecule has 0 atom stereocenters. The van der Waals surface area contributed by atoms with Crippen LogP contribution >= 0.6 is 0 Å². The molecule has 0 aromatic heterocycles. The average Bonchev–Trinajstić information content (AvgIpc) is 2.26. The zero-order valence-electron chi connectivity index (χ0n) is 10.9. The van der Waals surface area contributed by atoms with Gasteiger partial charge in [0.05, 0.1) is 0 Å². The smallest absolute Gasteiger partial charge is 0.0311 e. The lowest BCUT2D eigenvalue weighted by molar-refractivity contribution is 0.637. The highest BCUT2D eigenvalue weighted by atomic mass is 13.9. The Morgan fingerprint density at radius 2 is 1.67 bits per heavy atom. The maximum absolute atomic E-state index is 2.34. The quantitative estimate of drug-likeness (QED) is 0.339. The Morgan fingerprint density at radius 1 is 0.933 bits per heavy atom. The summed E-state index contributed by atoms with van der Waals surface area (Å²) in [6, 6.07) is 0. The van der Waals surface area contributed by atoms with Crippen molar-refractivity contribution in [3.05, 3.63) is 23.8 Å². The summed E-state index contributed by atoms with van der Waals surface area (Å²) in [4.78, 5) is 0. The number of hydrogen-bond donors (Lipinski definition) is 0. The molecule has 0 fully saturated rings. The third-order valence-corrected chi connectivity index (χ3v) is 2.68. The van der Waals surface area contributed by atoms with Crippen LogP contribution in [-0.2, 0) is 0 Å². The van der Waals surface area contributed by atoms with Gasteiger partial charge in [0.25, 0.3) is 0 Å². The van der Waals surface area contributed by atoms with Gasteiger partial charge in [-0.1, -0.05) is 70.3 Å². The maximum Gasteiger partial charge on any atom is -0.0311 e. The van der Waals surface area contributed by atoms with Gasteiger partial charge in [0, 0.05) is 0 Å². The third-order valence-electron chi connectivity index (χ3n) is 2.68. The normalized spacial score (nSPS) is 12.6. The summed E-state index contributed by atoms with van der Waals surface area (Å²) in [7, 11) is 0. The van der Waals surface area contributed by atoms with Crippen LogP contribution in [0.3, 0.4) is 0 Å². The Balaban J connectivity index is 3.48. The highest BCUT2D eigenvalue weighted by Gasteiger charge is 1.88. The molecule has 0 aliphatic heterocycles. The predicted molar refractivity (Wildman–Crippen MR) is 71.2 cm³/mol. The average molecular weight is 208 g/mol. The lowest BCUT2D eigenvalue weighted by Crippen LogP contribution is -1.77. The van der Waals surface area contributed by atoms with E-state index in [1.807, 2.05) is 0 Å². The highest BCUT2D eigenvalue weighted by molar-refractivity contribution is 5.17. The predicted octanol–water partition coefficient (Wildman–Crippen LogP) is 5.65. The van der Waals surface area contributed by atoms with Gasteiger partial charge in [-0.25, -0.2) is 0 Å². The molecule has 0 aliphatic carbocycles. The second-order valence-electron chi connectivity index (χ2n) is 4.15. The van der Waals surface area contributed by atoms with Gasteiger partial charge in [0.2, 0.25) is 0 Å². The largest absolute Gasteiger partial charge is 0.0843 e. The van der Waals surface area contributed by atoms with E-state index in [0.717, 1.165) is 6.42 Å². The van der Waals surface area contributed by atoms with E-state index in [0.29, 0.717) is 0 Å². The number of hydrogen-bond acceptors (Lipinski definition) is 0. The van der Waals surface area contributed by atoms with Crippen molar-refractivity contribution >= 4 is 0 Å². The molecule has 0 amide bonds. The SMILES string of the molecule is CCC=C(C=CCCCCCCC)CC. The first kappa shape index (κ1) is 14.5. The molecule has 0 bridgehead atoms. The van der Waals surface area contributed by atoms with Crippen molar-refractivity contribution in [1.29, 1.82) is 0 Å². The Morgan fingerprint density at radius 3 is 2.27 bits per heavy atom. The van der Waals surface area contributed by atoms with Crippen LogP contribution in [0.15, 0.2) is 23.8 Å². The van der Waals surface area contributed by atoms with Gasteiger partial charge in [0.1, 0.15) is 0 Å². The Hall–Kier alpha value is -0.520. The summed E-state index contributed by atoms with van der Waals surface area (Å²) >= 11 is 0. The summed E-state index contributed by atoms with van der Waals surface area (Å²) in [5.74, 6) is 0. The molecule has 0 saturated carbocycles. The van der Waals surface area contributed by atoms with E-state index in [2.05, 4.69) is 39.0 Å². The molecule has 0 N–H and O–H groups in total. The first-order chi connectivity index (χ1) is 7.35. The van der Waals surface area contributed by atoms with Crippen molar-refractivity contribution in [3.8, 4) is 0 Å².